The van der Waals surface area contributed by atoms with Crippen LogP contribution in [0.5, 0.6) is 11.5 Å². The van der Waals surface area contributed by atoms with Gasteiger partial charge in [-0.1, -0.05) is 37.6 Å². The Kier molecular flexibility index (Phi) is 5.27. The quantitative estimate of drug-likeness (QED) is 0.815. The molecule has 0 unspecified atom stereocenters. The van der Waals surface area contributed by atoms with Crippen molar-refractivity contribution in [2.75, 3.05) is 0 Å². The Labute approximate surface area is 132 Å². The van der Waals surface area contributed by atoms with Crippen molar-refractivity contribution in [2.45, 2.75) is 40.3 Å². The van der Waals surface area contributed by atoms with Gasteiger partial charge < -0.3 is 10.1 Å². The van der Waals surface area contributed by atoms with Gasteiger partial charge in [-0.3, -0.25) is 0 Å². The Morgan fingerprint density at radius 2 is 1.76 bits per heavy atom. The number of hydrogen-bond donors (Lipinski definition) is 1. The monoisotopic (exact) mass is 303 g/mol. The highest BCUT2D eigenvalue weighted by Gasteiger charge is 2.10. The van der Waals surface area contributed by atoms with Crippen LogP contribution in [0.15, 0.2) is 36.4 Å². The summed E-state index contributed by atoms with van der Waals surface area (Å²) in [6.07, 6.45) is 0. The third-order valence-corrected chi connectivity index (χ3v) is 3.54. The van der Waals surface area contributed by atoms with Gasteiger partial charge in [0.05, 0.1) is 0 Å². The highest BCUT2D eigenvalue weighted by Crippen LogP contribution is 2.31. The molecule has 2 nitrogen and oxygen atoms in total. The van der Waals surface area contributed by atoms with E-state index < -0.39 is 0 Å². The molecule has 3 heteroatoms. The molecule has 0 bridgehead atoms. The molecule has 0 spiro atoms. The summed E-state index contributed by atoms with van der Waals surface area (Å²) in [5.41, 5.74) is 3.37. The molecule has 2 aromatic carbocycles. The van der Waals surface area contributed by atoms with Gasteiger partial charge in [0.2, 0.25) is 0 Å². The first kappa shape index (κ1) is 15.9. The number of hydrogen-bond acceptors (Lipinski definition) is 2. The molecule has 112 valence electrons. The van der Waals surface area contributed by atoms with E-state index in [0.29, 0.717) is 12.6 Å². The van der Waals surface area contributed by atoms with Gasteiger partial charge in [0.1, 0.15) is 11.5 Å². The van der Waals surface area contributed by atoms with Crippen LogP contribution in [0, 0.1) is 13.8 Å². The van der Waals surface area contributed by atoms with Crippen LogP contribution in [0.4, 0.5) is 0 Å². The summed E-state index contributed by atoms with van der Waals surface area (Å²) in [6, 6.07) is 12.4. The van der Waals surface area contributed by atoms with Crippen molar-refractivity contribution in [2.24, 2.45) is 0 Å². The Morgan fingerprint density at radius 3 is 2.38 bits per heavy atom. The number of benzene rings is 2. The maximum Gasteiger partial charge on any atom is 0.133 e. The zero-order valence-electron chi connectivity index (χ0n) is 13.0. The first-order chi connectivity index (χ1) is 9.95. The minimum Gasteiger partial charge on any atom is -0.457 e. The molecular weight excluding hydrogens is 282 g/mol. The normalized spacial score (nSPS) is 11.0. The van der Waals surface area contributed by atoms with Crippen LogP contribution in [0.25, 0.3) is 0 Å². The van der Waals surface area contributed by atoms with Crippen LogP contribution >= 0.6 is 11.6 Å². The van der Waals surface area contributed by atoms with Gasteiger partial charge in [-0.05, 0) is 49.2 Å². The molecule has 0 aliphatic carbocycles. The molecule has 0 aliphatic heterocycles. The molecule has 2 aromatic rings. The number of rotatable bonds is 5. The van der Waals surface area contributed by atoms with Crippen LogP contribution in [-0.4, -0.2) is 6.04 Å². The molecule has 0 aromatic heterocycles. The van der Waals surface area contributed by atoms with E-state index >= 15 is 0 Å². The van der Waals surface area contributed by atoms with E-state index in [1.807, 2.05) is 30.3 Å². The molecule has 21 heavy (non-hydrogen) atoms. The second-order valence-electron chi connectivity index (χ2n) is 5.68. The van der Waals surface area contributed by atoms with Crippen molar-refractivity contribution in [1.29, 1.82) is 0 Å². The summed E-state index contributed by atoms with van der Waals surface area (Å²) in [5.74, 6) is 1.65. The largest absolute Gasteiger partial charge is 0.457 e. The van der Waals surface area contributed by atoms with E-state index in [1.54, 1.807) is 0 Å². The van der Waals surface area contributed by atoms with Crippen LogP contribution in [0.2, 0.25) is 5.02 Å². The first-order valence-corrected chi connectivity index (χ1v) is 7.60. The van der Waals surface area contributed by atoms with Crippen LogP contribution in [0.3, 0.4) is 0 Å². The fraction of sp³-hybridized carbons (Fsp3) is 0.333. The standard InChI is InChI=1S/C18H22ClNO/c1-12(2)20-11-16-17(19)6-5-7-18(16)21-15-9-13(3)8-14(4)10-15/h5-10,12,20H,11H2,1-4H3. The Morgan fingerprint density at radius 1 is 1.10 bits per heavy atom. The van der Waals surface area contributed by atoms with Crippen molar-refractivity contribution >= 4 is 11.6 Å². The SMILES string of the molecule is Cc1cc(C)cc(Oc2cccc(Cl)c2CNC(C)C)c1. The molecule has 1 N–H and O–H groups in total. The first-order valence-electron chi connectivity index (χ1n) is 7.22. The fourth-order valence-corrected chi connectivity index (χ4v) is 2.46. The predicted octanol–water partition coefficient (Wildman–Crippen LogP) is 5.25. The number of nitrogens with one attached hydrogen (secondary N) is 1. The topological polar surface area (TPSA) is 21.3 Å². The summed E-state index contributed by atoms with van der Waals surface area (Å²) in [6.45, 7) is 9.05. The average molecular weight is 304 g/mol. The fourth-order valence-electron chi connectivity index (χ4n) is 2.23. The second-order valence-corrected chi connectivity index (χ2v) is 6.08. The lowest BCUT2D eigenvalue weighted by molar-refractivity contribution is 0.469. The molecule has 0 radical (unpaired) electrons. The molecule has 2 rings (SSSR count). The minimum atomic E-state index is 0.398. The third-order valence-electron chi connectivity index (χ3n) is 3.19. The van der Waals surface area contributed by atoms with Crippen molar-refractivity contribution in [3.8, 4) is 11.5 Å². The van der Waals surface area contributed by atoms with Crippen LogP contribution in [-0.2, 0) is 6.54 Å². The smallest absolute Gasteiger partial charge is 0.133 e. The lowest BCUT2D eigenvalue weighted by Gasteiger charge is -2.15. The van der Waals surface area contributed by atoms with Gasteiger partial charge in [-0.15, -0.1) is 0 Å². The predicted molar refractivity (Wildman–Crippen MR) is 89.4 cm³/mol. The van der Waals surface area contributed by atoms with Crippen molar-refractivity contribution in [3.05, 3.63) is 58.1 Å². The molecule has 0 saturated carbocycles. The van der Waals surface area contributed by atoms with Crippen molar-refractivity contribution in [1.82, 2.24) is 5.32 Å². The molecule has 0 atom stereocenters. The van der Waals surface area contributed by atoms with Gasteiger partial charge in [-0.2, -0.15) is 0 Å². The summed E-state index contributed by atoms with van der Waals surface area (Å²) >= 11 is 6.32. The van der Waals surface area contributed by atoms with Gasteiger partial charge in [0.15, 0.2) is 0 Å². The summed E-state index contributed by atoms with van der Waals surface area (Å²) in [7, 11) is 0. The minimum absolute atomic E-state index is 0.398. The van der Waals surface area contributed by atoms with Gasteiger partial charge >= 0.3 is 0 Å². The summed E-state index contributed by atoms with van der Waals surface area (Å²) in [5, 5.41) is 4.11. The van der Waals surface area contributed by atoms with Gasteiger partial charge in [-0.25, -0.2) is 0 Å². The molecule has 0 heterocycles. The van der Waals surface area contributed by atoms with Crippen LogP contribution < -0.4 is 10.1 Å². The van der Waals surface area contributed by atoms with Crippen molar-refractivity contribution < 1.29 is 4.74 Å². The Bertz CT molecular complexity index is 602. The van der Waals surface area contributed by atoms with Crippen LogP contribution in [0.1, 0.15) is 30.5 Å². The third kappa shape index (κ3) is 4.48. The van der Waals surface area contributed by atoms with E-state index in [2.05, 4.69) is 39.1 Å². The maximum atomic E-state index is 6.32. The lowest BCUT2D eigenvalue weighted by Crippen LogP contribution is -2.22. The summed E-state index contributed by atoms with van der Waals surface area (Å²) in [4.78, 5) is 0. The summed E-state index contributed by atoms with van der Waals surface area (Å²) < 4.78 is 6.06. The van der Waals surface area contributed by atoms with E-state index in [4.69, 9.17) is 16.3 Å². The zero-order chi connectivity index (χ0) is 15.4. The maximum absolute atomic E-state index is 6.32. The highest BCUT2D eigenvalue weighted by atomic mass is 35.5. The average Bonchev–Trinajstić information content (AvgIpc) is 2.36. The number of aryl methyl sites for hydroxylation is 2. The highest BCUT2D eigenvalue weighted by molar-refractivity contribution is 6.31. The van der Waals surface area contributed by atoms with Crippen molar-refractivity contribution in [3.63, 3.8) is 0 Å². The Balaban J connectivity index is 2.28. The molecule has 0 saturated heterocycles. The van der Waals surface area contributed by atoms with E-state index in [1.165, 1.54) is 11.1 Å². The number of halogens is 1. The zero-order valence-corrected chi connectivity index (χ0v) is 13.8. The van der Waals surface area contributed by atoms with Gasteiger partial charge in [0, 0.05) is 23.2 Å². The molecule has 0 aliphatic rings. The molecule has 0 amide bonds. The van der Waals surface area contributed by atoms with E-state index in [9.17, 15) is 0 Å². The van der Waals surface area contributed by atoms with E-state index in [-0.39, 0.29) is 0 Å². The Hall–Kier alpha value is -1.51. The molecular formula is C18H22ClNO. The molecule has 0 fully saturated rings. The lowest BCUT2D eigenvalue weighted by atomic mass is 10.1. The second kappa shape index (κ2) is 6.97. The van der Waals surface area contributed by atoms with E-state index in [0.717, 1.165) is 22.1 Å². The van der Waals surface area contributed by atoms with Gasteiger partial charge in [0.25, 0.3) is 0 Å². The number of ether oxygens (including phenoxy) is 1.